The Bertz CT molecular complexity index is 570. The Kier molecular flexibility index (Phi) is 5.11. The lowest BCUT2D eigenvalue weighted by atomic mass is 10.1. The highest BCUT2D eigenvalue weighted by molar-refractivity contribution is 5.61. The van der Waals surface area contributed by atoms with Gasteiger partial charge < -0.3 is 10.3 Å². The Morgan fingerprint density at radius 2 is 1.95 bits per heavy atom. The third-order valence-electron chi connectivity index (χ3n) is 3.62. The third kappa shape index (κ3) is 3.70. The Morgan fingerprint density at radius 3 is 2.57 bits per heavy atom. The van der Waals surface area contributed by atoms with Crippen molar-refractivity contribution in [1.29, 1.82) is 0 Å². The molecule has 0 aliphatic rings. The summed E-state index contributed by atoms with van der Waals surface area (Å²) in [5.74, 6) is 7.71. The van der Waals surface area contributed by atoms with E-state index in [0.717, 1.165) is 24.2 Å². The van der Waals surface area contributed by atoms with Crippen LogP contribution in [-0.4, -0.2) is 23.1 Å². The topological polar surface area (TPSA) is 67.1 Å². The second-order valence-electron chi connectivity index (χ2n) is 5.19. The van der Waals surface area contributed by atoms with Crippen LogP contribution in [0.3, 0.4) is 0 Å². The fourth-order valence-corrected chi connectivity index (χ4v) is 2.24. The summed E-state index contributed by atoms with van der Waals surface area (Å²) in [6, 6.07) is 12.2. The van der Waals surface area contributed by atoms with Crippen molar-refractivity contribution in [1.82, 2.24) is 9.97 Å². The van der Waals surface area contributed by atoms with Crippen LogP contribution in [0.2, 0.25) is 0 Å². The quantitative estimate of drug-likeness (QED) is 0.630. The average molecular weight is 285 g/mol. The number of rotatable bonds is 6. The number of nitrogens with two attached hydrogens (primary N) is 1. The Hall–Kier alpha value is -2.14. The molecule has 1 heterocycles. The molecule has 0 aliphatic carbocycles. The maximum Gasteiger partial charge on any atom is 0.163 e. The summed E-state index contributed by atoms with van der Waals surface area (Å²) in [6.45, 7) is 4.38. The summed E-state index contributed by atoms with van der Waals surface area (Å²) < 4.78 is 0. The maximum atomic E-state index is 5.54. The van der Waals surface area contributed by atoms with Gasteiger partial charge in [-0.3, -0.25) is 0 Å². The van der Waals surface area contributed by atoms with Crippen molar-refractivity contribution in [2.75, 3.05) is 17.4 Å². The molecule has 5 heteroatoms. The average Bonchev–Trinajstić information content (AvgIpc) is 2.54. The van der Waals surface area contributed by atoms with Crippen molar-refractivity contribution < 1.29 is 0 Å². The molecule has 21 heavy (non-hydrogen) atoms. The van der Waals surface area contributed by atoms with E-state index in [1.807, 2.05) is 36.4 Å². The third-order valence-corrected chi connectivity index (χ3v) is 3.62. The first-order valence-electron chi connectivity index (χ1n) is 7.29. The summed E-state index contributed by atoms with van der Waals surface area (Å²) in [7, 11) is 2.05. The minimum absolute atomic E-state index is 0.416. The van der Waals surface area contributed by atoms with E-state index in [1.54, 1.807) is 0 Å². The molecule has 0 amide bonds. The second-order valence-corrected chi connectivity index (χ2v) is 5.19. The Balaban J connectivity index is 2.38. The van der Waals surface area contributed by atoms with Crippen LogP contribution in [0.4, 0.5) is 11.6 Å². The van der Waals surface area contributed by atoms with Gasteiger partial charge in [-0.1, -0.05) is 43.7 Å². The van der Waals surface area contributed by atoms with Gasteiger partial charge in [0.05, 0.1) is 0 Å². The number of hydrogen-bond donors (Lipinski definition) is 2. The number of nitrogens with zero attached hydrogens (tertiary/aromatic N) is 3. The predicted molar refractivity (Wildman–Crippen MR) is 88.1 cm³/mol. The van der Waals surface area contributed by atoms with Gasteiger partial charge in [-0.15, -0.1) is 0 Å². The number of nitrogen functional groups attached to an aromatic ring is 1. The zero-order valence-corrected chi connectivity index (χ0v) is 12.9. The number of aromatic nitrogens is 2. The minimum atomic E-state index is 0.416. The molecular formula is C16H23N5. The molecule has 0 bridgehead atoms. The number of hydrogen-bond acceptors (Lipinski definition) is 5. The predicted octanol–water partition coefficient (Wildman–Crippen LogP) is 3.05. The number of anilines is 2. The zero-order chi connectivity index (χ0) is 15.2. The first-order chi connectivity index (χ1) is 10.2. The molecule has 1 atom stereocenters. The van der Waals surface area contributed by atoms with Crippen LogP contribution >= 0.6 is 0 Å². The number of nitrogens with one attached hydrogen (secondary N) is 1. The smallest absolute Gasteiger partial charge is 0.163 e. The summed E-state index contributed by atoms with van der Waals surface area (Å²) in [5.41, 5.74) is 3.60. The lowest BCUT2D eigenvalue weighted by molar-refractivity contribution is 0.611. The lowest BCUT2D eigenvalue weighted by Crippen LogP contribution is -2.29. The Labute approximate surface area is 126 Å². The van der Waals surface area contributed by atoms with E-state index >= 15 is 0 Å². The molecule has 112 valence electrons. The molecule has 0 fully saturated rings. The van der Waals surface area contributed by atoms with Crippen LogP contribution in [-0.2, 0) is 0 Å². The molecule has 0 radical (unpaired) electrons. The number of hydrazine groups is 1. The molecule has 2 aromatic rings. The SMILES string of the molecule is CCCC(C)N(C)c1cc(NN)nc(-c2ccccc2)n1. The first-order valence-corrected chi connectivity index (χ1v) is 7.29. The van der Waals surface area contributed by atoms with Crippen LogP contribution in [0.15, 0.2) is 36.4 Å². The molecule has 1 aromatic carbocycles. The van der Waals surface area contributed by atoms with Crippen molar-refractivity contribution >= 4 is 11.6 Å². The van der Waals surface area contributed by atoms with Gasteiger partial charge in [0.2, 0.25) is 0 Å². The van der Waals surface area contributed by atoms with Crippen LogP contribution in [0.25, 0.3) is 11.4 Å². The largest absolute Gasteiger partial charge is 0.357 e. The van der Waals surface area contributed by atoms with Crippen molar-refractivity contribution in [3.05, 3.63) is 36.4 Å². The molecule has 0 saturated heterocycles. The van der Waals surface area contributed by atoms with E-state index < -0.39 is 0 Å². The van der Waals surface area contributed by atoms with Crippen molar-refractivity contribution in [3.8, 4) is 11.4 Å². The summed E-state index contributed by atoms with van der Waals surface area (Å²) in [6.07, 6.45) is 2.26. The normalized spacial score (nSPS) is 12.0. The lowest BCUT2D eigenvalue weighted by Gasteiger charge is -2.26. The molecule has 0 spiro atoms. The highest BCUT2D eigenvalue weighted by Crippen LogP contribution is 2.23. The molecule has 2 rings (SSSR count). The van der Waals surface area contributed by atoms with Gasteiger partial charge in [-0.05, 0) is 13.3 Å². The standard InChI is InChI=1S/C16H23N5/c1-4-8-12(2)21(3)15-11-14(20-17)18-16(19-15)13-9-6-5-7-10-13/h5-7,9-12H,4,8,17H2,1-3H3,(H,18,19,20). The van der Waals surface area contributed by atoms with Gasteiger partial charge in [-0.25, -0.2) is 15.8 Å². The van der Waals surface area contributed by atoms with E-state index in [2.05, 4.69) is 41.2 Å². The van der Waals surface area contributed by atoms with Crippen LogP contribution < -0.4 is 16.2 Å². The van der Waals surface area contributed by atoms with E-state index in [0.29, 0.717) is 17.7 Å². The summed E-state index contributed by atoms with van der Waals surface area (Å²) in [4.78, 5) is 11.3. The molecule has 0 saturated carbocycles. The van der Waals surface area contributed by atoms with E-state index in [1.165, 1.54) is 0 Å². The highest BCUT2D eigenvalue weighted by Gasteiger charge is 2.14. The van der Waals surface area contributed by atoms with E-state index in [-0.39, 0.29) is 0 Å². The highest BCUT2D eigenvalue weighted by atomic mass is 15.3. The van der Waals surface area contributed by atoms with Crippen LogP contribution in [0, 0.1) is 0 Å². The zero-order valence-electron chi connectivity index (χ0n) is 12.9. The number of benzene rings is 1. The molecule has 0 aliphatic heterocycles. The fraction of sp³-hybridized carbons (Fsp3) is 0.375. The summed E-state index contributed by atoms with van der Waals surface area (Å²) in [5, 5.41) is 0. The van der Waals surface area contributed by atoms with E-state index in [4.69, 9.17) is 5.84 Å². The molecular weight excluding hydrogens is 262 g/mol. The monoisotopic (exact) mass is 285 g/mol. The maximum absolute atomic E-state index is 5.54. The van der Waals surface area contributed by atoms with Gasteiger partial charge >= 0.3 is 0 Å². The van der Waals surface area contributed by atoms with Crippen molar-refractivity contribution in [2.45, 2.75) is 32.7 Å². The van der Waals surface area contributed by atoms with Crippen LogP contribution in [0.5, 0.6) is 0 Å². The van der Waals surface area contributed by atoms with Crippen molar-refractivity contribution in [3.63, 3.8) is 0 Å². The van der Waals surface area contributed by atoms with Gasteiger partial charge in [0.25, 0.3) is 0 Å². The summed E-state index contributed by atoms with van der Waals surface area (Å²) >= 11 is 0. The minimum Gasteiger partial charge on any atom is -0.357 e. The van der Waals surface area contributed by atoms with Gasteiger partial charge in [0.15, 0.2) is 5.82 Å². The fourth-order valence-electron chi connectivity index (χ4n) is 2.24. The molecule has 5 nitrogen and oxygen atoms in total. The first kappa shape index (κ1) is 15.3. The Morgan fingerprint density at radius 1 is 1.24 bits per heavy atom. The van der Waals surface area contributed by atoms with Gasteiger partial charge in [-0.2, -0.15) is 0 Å². The molecule has 3 N–H and O–H groups in total. The van der Waals surface area contributed by atoms with Gasteiger partial charge in [0.1, 0.15) is 11.6 Å². The molecule has 1 unspecified atom stereocenters. The van der Waals surface area contributed by atoms with Crippen molar-refractivity contribution in [2.24, 2.45) is 5.84 Å². The molecule has 1 aromatic heterocycles. The van der Waals surface area contributed by atoms with E-state index in [9.17, 15) is 0 Å². The van der Waals surface area contributed by atoms with Crippen LogP contribution in [0.1, 0.15) is 26.7 Å². The second kappa shape index (κ2) is 7.04. The van der Waals surface area contributed by atoms with Gasteiger partial charge in [0, 0.05) is 24.7 Å².